The molecule has 5 nitrogen and oxygen atoms in total. The molecule has 1 aliphatic heterocycles. The number of halogens is 9. The maximum atomic E-state index is 13.6. The average molecular weight is 570 g/mol. The lowest BCUT2D eigenvalue weighted by Gasteiger charge is -2.45. The van der Waals surface area contributed by atoms with Crippen molar-refractivity contribution in [1.82, 2.24) is 0 Å². The van der Waals surface area contributed by atoms with Crippen LogP contribution in [0.3, 0.4) is 0 Å². The Morgan fingerprint density at radius 1 is 0.846 bits per heavy atom. The van der Waals surface area contributed by atoms with E-state index in [9.17, 15) is 49.1 Å². The van der Waals surface area contributed by atoms with Crippen molar-refractivity contribution < 1.29 is 53.8 Å². The molecule has 0 radical (unpaired) electrons. The number of ether oxygens (including phenoxy) is 1. The summed E-state index contributed by atoms with van der Waals surface area (Å²) in [5.74, 6) is -0.926. The van der Waals surface area contributed by atoms with Crippen LogP contribution in [0, 0.1) is 0 Å². The van der Waals surface area contributed by atoms with Crippen LogP contribution in [0.1, 0.15) is 55.5 Å². The van der Waals surface area contributed by atoms with Gasteiger partial charge in [-0.25, -0.2) is 4.79 Å². The number of fused-ring (bicyclic) bond motifs is 1. The predicted molar refractivity (Wildman–Crippen MR) is 122 cm³/mol. The standard InChI is InChI=1S/C25H23F9N2O3/c1-4-18-12-35(20-11-15(23(26,27)28)6-7-19(20)36(18)22(38)39-5-2)21(13(3)37)14-8-16(24(29,30)31)10-17(9-14)25(32,33)34/h6-11,18,21H,4-5,12H2,1-3H3. The molecule has 0 spiro atoms. The van der Waals surface area contributed by atoms with Crippen LogP contribution in [0.5, 0.6) is 0 Å². The molecule has 3 rings (SSSR count). The zero-order valence-electron chi connectivity index (χ0n) is 20.8. The first-order valence-electron chi connectivity index (χ1n) is 11.6. The van der Waals surface area contributed by atoms with Crippen molar-refractivity contribution >= 4 is 23.3 Å². The molecule has 0 N–H and O–H groups in total. The minimum atomic E-state index is -5.22. The first kappa shape index (κ1) is 30.1. The van der Waals surface area contributed by atoms with Crippen molar-refractivity contribution in [3.8, 4) is 0 Å². The Hall–Kier alpha value is -3.45. The number of Topliss-reactive ketones (excluding diaryl/α,β-unsaturated/α-hetero) is 1. The fourth-order valence-corrected chi connectivity index (χ4v) is 4.50. The Labute approximate surface area is 217 Å². The Morgan fingerprint density at radius 3 is 1.82 bits per heavy atom. The van der Waals surface area contributed by atoms with E-state index >= 15 is 0 Å². The second-order valence-corrected chi connectivity index (χ2v) is 8.84. The number of nitrogens with zero attached hydrogens (tertiary/aromatic N) is 2. The lowest BCUT2D eigenvalue weighted by atomic mass is 9.93. The van der Waals surface area contributed by atoms with Gasteiger partial charge in [0.25, 0.3) is 0 Å². The molecule has 0 saturated carbocycles. The van der Waals surface area contributed by atoms with Gasteiger partial charge < -0.3 is 9.64 Å². The highest BCUT2D eigenvalue weighted by Crippen LogP contribution is 2.46. The summed E-state index contributed by atoms with van der Waals surface area (Å²) in [5.41, 5.74) is -5.80. The third-order valence-electron chi connectivity index (χ3n) is 6.20. The van der Waals surface area contributed by atoms with Gasteiger partial charge in [0.15, 0.2) is 5.78 Å². The summed E-state index contributed by atoms with van der Waals surface area (Å²) in [7, 11) is 0. The molecule has 2 aromatic rings. The van der Waals surface area contributed by atoms with Crippen LogP contribution in [0.25, 0.3) is 0 Å². The summed E-state index contributed by atoms with van der Waals surface area (Å²) in [5, 5.41) is 0. The Kier molecular flexibility index (Phi) is 8.19. The molecular formula is C25H23F9N2O3. The molecule has 214 valence electrons. The molecule has 39 heavy (non-hydrogen) atoms. The van der Waals surface area contributed by atoms with Gasteiger partial charge >= 0.3 is 24.6 Å². The number of amides is 1. The van der Waals surface area contributed by atoms with E-state index in [1.165, 1.54) is 6.92 Å². The molecule has 2 atom stereocenters. The number of hydrogen-bond acceptors (Lipinski definition) is 4. The van der Waals surface area contributed by atoms with Crippen molar-refractivity contribution in [2.45, 2.75) is 57.8 Å². The maximum Gasteiger partial charge on any atom is 0.416 e. The number of rotatable bonds is 5. The Balaban J connectivity index is 2.33. The van der Waals surface area contributed by atoms with Crippen molar-refractivity contribution in [2.24, 2.45) is 0 Å². The number of carbonyl (C=O) groups is 2. The fraction of sp³-hybridized carbons (Fsp3) is 0.440. The zero-order chi connectivity index (χ0) is 29.5. The molecule has 0 fully saturated rings. The molecule has 1 heterocycles. The summed E-state index contributed by atoms with van der Waals surface area (Å²) in [6, 6.07) is 0.174. The van der Waals surface area contributed by atoms with Crippen molar-refractivity contribution in [3.05, 3.63) is 58.7 Å². The summed E-state index contributed by atoms with van der Waals surface area (Å²) >= 11 is 0. The van der Waals surface area contributed by atoms with Gasteiger partial charge in [0.2, 0.25) is 0 Å². The van der Waals surface area contributed by atoms with Gasteiger partial charge in [0, 0.05) is 6.54 Å². The van der Waals surface area contributed by atoms with Crippen LogP contribution in [-0.2, 0) is 28.1 Å². The second-order valence-electron chi connectivity index (χ2n) is 8.84. The summed E-state index contributed by atoms with van der Waals surface area (Å²) in [4.78, 5) is 27.7. The molecule has 0 aliphatic carbocycles. The van der Waals surface area contributed by atoms with Crippen LogP contribution < -0.4 is 9.80 Å². The van der Waals surface area contributed by atoms with E-state index in [0.717, 1.165) is 22.8 Å². The predicted octanol–water partition coefficient (Wildman–Crippen LogP) is 7.63. The van der Waals surface area contributed by atoms with Crippen LogP contribution >= 0.6 is 0 Å². The van der Waals surface area contributed by atoms with Gasteiger partial charge in [-0.1, -0.05) is 6.92 Å². The van der Waals surface area contributed by atoms with Crippen molar-refractivity contribution in [2.75, 3.05) is 23.0 Å². The Morgan fingerprint density at radius 2 is 1.38 bits per heavy atom. The molecule has 0 saturated heterocycles. The molecular weight excluding hydrogens is 547 g/mol. The largest absolute Gasteiger partial charge is 0.449 e. The third kappa shape index (κ3) is 6.25. The number of anilines is 2. The van der Waals surface area contributed by atoms with E-state index < -0.39 is 64.7 Å². The number of benzene rings is 2. The molecule has 0 aromatic heterocycles. The highest BCUT2D eigenvalue weighted by atomic mass is 19.4. The lowest BCUT2D eigenvalue weighted by Crippen LogP contribution is -2.53. The van der Waals surface area contributed by atoms with Gasteiger partial charge in [-0.05, 0) is 62.2 Å². The highest BCUT2D eigenvalue weighted by molar-refractivity contribution is 5.97. The number of ketones is 1. The molecule has 2 aromatic carbocycles. The van der Waals surface area contributed by atoms with Gasteiger partial charge in [-0.15, -0.1) is 0 Å². The molecule has 14 heteroatoms. The van der Waals surface area contributed by atoms with Crippen LogP contribution in [0.2, 0.25) is 0 Å². The van der Waals surface area contributed by atoms with Crippen molar-refractivity contribution in [1.29, 1.82) is 0 Å². The van der Waals surface area contributed by atoms with E-state index in [1.54, 1.807) is 6.92 Å². The van der Waals surface area contributed by atoms with Crippen molar-refractivity contribution in [3.63, 3.8) is 0 Å². The van der Waals surface area contributed by atoms with Crippen LogP contribution in [-0.4, -0.2) is 31.1 Å². The summed E-state index contributed by atoms with van der Waals surface area (Å²) in [6.07, 6.45) is -16.1. The Bertz CT molecular complexity index is 1210. The van der Waals surface area contributed by atoms with Gasteiger partial charge in [-0.2, -0.15) is 39.5 Å². The molecule has 2 unspecified atom stereocenters. The topological polar surface area (TPSA) is 49.9 Å². The fourth-order valence-electron chi connectivity index (χ4n) is 4.50. The zero-order valence-corrected chi connectivity index (χ0v) is 20.8. The highest BCUT2D eigenvalue weighted by Gasteiger charge is 2.43. The molecule has 0 bridgehead atoms. The van der Waals surface area contributed by atoms with E-state index in [2.05, 4.69) is 0 Å². The summed E-state index contributed by atoms with van der Waals surface area (Å²) in [6.45, 7) is 3.56. The van der Waals surface area contributed by atoms with E-state index in [1.807, 2.05) is 0 Å². The lowest BCUT2D eigenvalue weighted by molar-refractivity contribution is -0.143. The van der Waals surface area contributed by atoms with Gasteiger partial charge in [-0.3, -0.25) is 9.69 Å². The number of alkyl halides is 9. The SMILES string of the molecule is CCOC(=O)N1c2ccc(C(F)(F)F)cc2N(C(C(C)=O)c2cc(C(F)(F)F)cc(C(F)(F)F)c2)CC1CC. The minimum Gasteiger partial charge on any atom is -0.449 e. The van der Waals surface area contributed by atoms with Gasteiger partial charge in [0.1, 0.15) is 6.04 Å². The van der Waals surface area contributed by atoms with Gasteiger partial charge in [0.05, 0.1) is 40.7 Å². The first-order valence-corrected chi connectivity index (χ1v) is 11.6. The second kappa shape index (κ2) is 10.6. The number of hydrogen-bond donors (Lipinski definition) is 0. The van der Waals surface area contributed by atoms with E-state index in [0.29, 0.717) is 24.3 Å². The van der Waals surface area contributed by atoms with Crippen LogP contribution in [0.4, 0.5) is 55.7 Å². The third-order valence-corrected chi connectivity index (χ3v) is 6.20. The minimum absolute atomic E-state index is 0.0774. The summed E-state index contributed by atoms with van der Waals surface area (Å²) < 4.78 is 127. The van der Waals surface area contributed by atoms with Crippen LogP contribution in [0.15, 0.2) is 36.4 Å². The monoisotopic (exact) mass is 570 g/mol. The smallest absolute Gasteiger partial charge is 0.416 e. The number of carbonyl (C=O) groups excluding carboxylic acids is 2. The average Bonchev–Trinajstić information content (AvgIpc) is 2.81. The van der Waals surface area contributed by atoms with E-state index in [4.69, 9.17) is 4.74 Å². The first-order chi connectivity index (χ1) is 17.9. The normalized spacial score (nSPS) is 17.1. The molecule has 1 amide bonds. The van der Waals surface area contributed by atoms with E-state index in [-0.39, 0.29) is 37.0 Å². The quantitative estimate of drug-likeness (QED) is 0.347. The maximum absolute atomic E-state index is 13.6. The molecule has 1 aliphatic rings.